The van der Waals surface area contributed by atoms with Crippen molar-refractivity contribution < 1.29 is 9.47 Å². The van der Waals surface area contributed by atoms with Crippen molar-refractivity contribution in [3.8, 4) is 11.5 Å². The van der Waals surface area contributed by atoms with Crippen LogP contribution in [0.5, 0.6) is 11.5 Å². The monoisotopic (exact) mass is 346 g/mol. The van der Waals surface area contributed by atoms with Crippen molar-refractivity contribution in [3.63, 3.8) is 0 Å². The lowest BCUT2D eigenvalue weighted by Gasteiger charge is -2.10. The summed E-state index contributed by atoms with van der Waals surface area (Å²) in [7, 11) is 6.41. The minimum Gasteiger partial charge on any atom is -0.496 e. The van der Waals surface area contributed by atoms with E-state index in [-0.39, 0.29) is 0 Å². The fourth-order valence-electron chi connectivity index (χ4n) is 1.51. The highest BCUT2D eigenvalue weighted by molar-refractivity contribution is 8.76. The van der Waals surface area contributed by atoms with Crippen LogP contribution in [0, 0.1) is 0 Å². The Morgan fingerprint density at radius 1 is 0.750 bits per heavy atom. The molecule has 0 heterocycles. The fourth-order valence-corrected chi connectivity index (χ4v) is 4.07. The van der Waals surface area contributed by atoms with E-state index in [9.17, 15) is 0 Å². The maximum absolute atomic E-state index is 5.95. The molecule has 106 valence electrons. The van der Waals surface area contributed by atoms with E-state index in [0.717, 1.165) is 21.3 Å². The molecule has 0 amide bonds. The Morgan fingerprint density at radius 3 is 1.50 bits per heavy atom. The Morgan fingerprint density at radius 2 is 1.15 bits per heavy atom. The summed E-state index contributed by atoms with van der Waals surface area (Å²) in [4.78, 5) is 2.00. The van der Waals surface area contributed by atoms with Crippen LogP contribution in [0.15, 0.2) is 46.2 Å². The normalized spacial score (nSPS) is 10.4. The maximum atomic E-state index is 5.95. The number of ether oxygens (including phenoxy) is 2. The molecule has 0 N–H and O–H groups in total. The molecule has 2 aromatic carbocycles. The van der Waals surface area contributed by atoms with Crippen LogP contribution in [0.4, 0.5) is 0 Å². The van der Waals surface area contributed by atoms with Gasteiger partial charge in [0, 0.05) is 10.0 Å². The fraction of sp³-hybridized carbons (Fsp3) is 0.143. The van der Waals surface area contributed by atoms with Crippen LogP contribution < -0.4 is 9.47 Å². The van der Waals surface area contributed by atoms with Crippen LogP contribution in [0.2, 0.25) is 10.0 Å². The largest absolute Gasteiger partial charge is 0.496 e. The van der Waals surface area contributed by atoms with E-state index >= 15 is 0 Å². The lowest BCUT2D eigenvalue weighted by atomic mass is 10.3. The van der Waals surface area contributed by atoms with Crippen LogP contribution in [0.3, 0.4) is 0 Å². The third-order valence-corrected chi connectivity index (χ3v) is 5.39. The van der Waals surface area contributed by atoms with Gasteiger partial charge in [0.2, 0.25) is 0 Å². The second-order valence-electron chi connectivity index (χ2n) is 3.76. The molecule has 0 radical (unpaired) electrons. The summed E-state index contributed by atoms with van der Waals surface area (Å²) in [6.07, 6.45) is 0. The van der Waals surface area contributed by atoms with Gasteiger partial charge >= 0.3 is 0 Å². The average Bonchev–Trinajstić information content (AvgIpc) is 2.46. The highest BCUT2D eigenvalue weighted by Gasteiger charge is 2.09. The van der Waals surface area contributed by atoms with E-state index in [1.54, 1.807) is 47.9 Å². The first-order valence-electron chi connectivity index (χ1n) is 5.65. The molecule has 2 rings (SSSR count). The molecule has 0 bridgehead atoms. The van der Waals surface area contributed by atoms with E-state index < -0.39 is 0 Å². The zero-order chi connectivity index (χ0) is 14.5. The molecule has 0 aliphatic rings. The number of hydrogen-bond donors (Lipinski definition) is 0. The Balaban J connectivity index is 2.16. The smallest absolute Gasteiger partial charge is 0.134 e. The molecule has 2 nitrogen and oxygen atoms in total. The quantitative estimate of drug-likeness (QED) is 0.635. The zero-order valence-electron chi connectivity index (χ0n) is 10.9. The first kappa shape index (κ1) is 15.7. The molecule has 6 heteroatoms. The summed E-state index contributed by atoms with van der Waals surface area (Å²) in [6.45, 7) is 0. The standard InChI is InChI=1S/C14H12Cl2O2S2/c1-17-11-7-9(15)3-5-13(11)19-20-14-6-4-10(16)8-12(14)18-2/h3-8H,1-2H3. The molecule has 0 spiro atoms. The van der Waals surface area contributed by atoms with Gasteiger partial charge < -0.3 is 9.47 Å². The van der Waals surface area contributed by atoms with E-state index in [0.29, 0.717) is 10.0 Å². The lowest BCUT2D eigenvalue weighted by Crippen LogP contribution is -1.86. The number of methoxy groups -OCH3 is 2. The minimum atomic E-state index is 0.653. The van der Waals surface area contributed by atoms with E-state index in [1.165, 1.54) is 0 Å². The maximum Gasteiger partial charge on any atom is 0.134 e. The number of hydrogen-bond acceptors (Lipinski definition) is 4. The summed E-state index contributed by atoms with van der Waals surface area (Å²) in [5, 5.41) is 1.31. The number of halogens is 2. The van der Waals surface area contributed by atoms with Gasteiger partial charge in [-0.05, 0) is 58.0 Å². The van der Waals surface area contributed by atoms with Crippen LogP contribution in [-0.2, 0) is 0 Å². The topological polar surface area (TPSA) is 18.5 Å². The second-order valence-corrected chi connectivity index (χ2v) is 6.84. The number of benzene rings is 2. The van der Waals surface area contributed by atoms with Gasteiger partial charge in [-0.2, -0.15) is 0 Å². The highest BCUT2D eigenvalue weighted by Crippen LogP contribution is 2.45. The summed E-state index contributed by atoms with van der Waals surface area (Å²) in [6, 6.07) is 11.1. The van der Waals surface area contributed by atoms with Crippen LogP contribution in [0.1, 0.15) is 0 Å². The van der Waals surface area contributed by atoms with E-state index in [1.807, 2.05) is 24.3 Å². The van der Waals surface area contributed by atoms with Gasteiger partial charge in [-0.15, -0.1) is 0 Å². The van der Waals surface area contributed by atoms with Gasteiger partial charge in [0.25, 0.3) is 0 Å². The molecule has 0 saturated carbocycles. The molecule has 0 aliphatic carbocycles. The van der Waals surface area contributed by atoms with E-state index in [2.05, 4.69) is 0 Å². The molecule has 0 fully saturated rings. The average molecular weight is 347 g/mol. The minimum absolute atomic E-state index is 0.653. The van der Waals surface area contributed by atoms with Gasteiger partial charge in [0.05, 0.1) is 24.0 Å². The predicted octanol–water partition coefficient (Wildman–Crippen LogP) is 5.81. The van der Waals surface area contributed by atoms with Crippen molar-refractivity contribution in [2.45, 2.75) is 9.79 Å². The summed E-state index contributed by atoms with van der Waals surface area (Å²) >= 11 is 11.9. The van der Waals surface area contributed by atoms with Crippen molar-refractivity contribution >= 4 is 44.8 Å². The van der Waals surface area contributed by atoms with Gasteiger partial charge in [0.1, 0.15) is 11.5 Å². The molecule has 0 aliphatic heterocycles. The summed E-state index contributed by atoms with van der Waals surface area (Å²) < 4.78 is 10.6. The molecular formula is C14H12Cl2O2S2. The molecule has 0 unspecified atom stereocenters. The molecule has 0 atom stereocenters. The van der Waals surface area contributed by atoms with Crippen molar-refractivity contribution in [2.75, 3.05) is 14.2 Å². The molecule has 0 saturated heterocycles. The lowest BCUT2D eigenvalue weighted by molar-refractivity contribution is 0.404. The van der Waals surface area contributed by atoms with Gasteiger partial charge in [-0.1, -0.05) is 23.2 Å². The van der Waals surface area contributed by atoms with Gasteiger partial charge in [0.15, 0.2) is 0 Å². The van der Waals surface area contributed by atoms with Crippen molar-refractivity contribution in [2.24, 2.45) is 0 Å². The Labute approximate surface area is 136 Å². The summed E-state index contributed by atoms with van der Waals surface area (Å²) in [5.74, 6) is 1.51. The Hall–Kier alpha value is -0.680. The van der Waals surface area contributed by atoms with Crippen molar-refractivity contribution in [1.29, 1.82) is 0 Å². The van der Waals surface area contributed by atoms with Gasteiger partial charge in [-0.25, -0.2) is 0 Å². The van der Waals surface area contributed by atoms with Crippen LogP contribution >= 0.6 is 44.8 Å². The van der Waals surface area contributed by atoms with Gasteiger partial charge in [-0.3, -0.25) is 0 Å². The molecule has 0 aromatic heterocycles. The van der Waals surface area contributed by atoms with E-state index in [4.69, 9.17) is 32.7 Å². The predicted molar refractivity (Wildman–Crippen MR) is 87.7 cm³/mol. The number of rotatable bonds is 5. The second kappa shape index (κ2) is 7.36. The first-order chi connectivity index (χ1) is 9.63. The van der Waals surface area contributed by atoms with Crippen LogP contribution in [-0.4, -0.2) is 14.2 Å². The SMILES string of the molecule is COc1cc(Cl)ccc1SSc1ccc(Cl)cc1OC. The Bertz CT molecular complexity index is 552. The third-order valence-electron chi connectivity index (χ3n) is 2.47. The third kappa shape index (κ3) is 3.92. The van der Waals surface area contributed by atoms with Crippen molar-refractivity contribution in [3.05, 3.63) is 46.4 Å². The molecule has 20 heavy (non-hydrogen) atoms. The summed E-state index contributed by atoms with van der Waals surface area (Å²) in [5.41, 5.74) is 0. The molecule has 2 aromatic rings. The first-order valence-corrected chi connectivity index (χ1v) is 8.56. The van der Waals surface area contributed by atoms with Crippen LogP contribution in [0.25, 0.3) is 0 Å². The zero-order valence-corrected chi connectivity index (χ0v) is 14.0. The van der Waals surface area contributed by atoms with Crippen molar-refractivity contribution in [1.82, 2.24) is 0 Å². The molecular weight excluding hydrogens is 335 g/mol. The Kier molecular flexibility index (Phi) is 5.78. The highest BCUT2D eigenvalue weighted by atomic mass is 35.5.